The Morgan fingerprint density at radius 2 is 1.88 bits per heavy atom. The van der Waals surface area contributed by atoms with E-state index in [4.69, 9.17) is 4.74 Å². The Morgan fingerprint density at radius 1 is 1.21 bits per heavy atom. The summed E-state index contributed by atoms with van der Waals surface area (Å²) in [5, 5.41) is 0. The van der Waals surface area contributed by atoms with Crippen molar-refractivity contribution in [2.24, 2.45) is 12.0 Å². The highest BCUT2D eigenvalue weighted by molar-refractivity contribution is 7.98. The van der Waals surface area contributed by atoms with Gasteiger partial charge < -0.3 is 9.30 Å². The number of allylic oxidation sites excluding steroid dienone is 1. The second-order valence-electron chi connectivity index (χ2n) is 8.69. The molecule has 2 aromatic heterocycles. The number of hydrogen-bond acceptors (Lipinski definition) is 6. The SMILES string of the molecule is CSc1ccc(C2C(C(=O)OC(C)C)=C(C)N=c3s/c(=C/c4cc(C)n(C)c4C)c(=O)n32)cc1. The van der Waals surface area contributed by atoms with Crippen LogP contribution in [0.2, 0.25) is 0 Å². The van der Waals surface area contributed by atoms with Crippen LogP contribution >= 0.6 is 23.1 Å². The molecule has 4 rings (SSSR count). The fraction of sp³-hybridized carbons (Fsp3) is 0.346. The number of carbonyl (C=O) groups is 1. The van der Waals surface area contributed by atoms with Crippen molar-refractivity contribution < 1.29 is 9.53 Å². The summed E-state index contributed by atoms with van der Waals surface area (Å²) < 4.78 is 9.89. The number of ether oxygens (including phenoxy) is 1. The maximum absolute atomic E-state index is 13.7. The topological polar surface area (TPSA) is 65.6 Å². The lowest BCUT2D eigenvalue weighted by Crippen LogP contribution is -2.40. The number of rotatable bonds is 5. The van der Waals surface area contributed by atoms with E-state index >= 15 is 0 Å². The van der Waals surface area contributed by atoms with Crippen LogP contribution < -0.4 is 14.9 Å². The van der Waals surface area contributed by atoms with Crippen LogP contribution in [0.4, 0.5) is 0 Å². The van der Waals surface area contributed by atoms with E-state index in [0.717, 1.165) is 27.4 Å². The lowest BCUT2D eigenvalue weighted by atomic mass is 9.96. The van der Waals surface area contributed by atoms with Gasteiger partial charge in [0.05, 0.1) is 27.9 Å². The smallest absolute Gasteiger partial charge is 0.338 e. The number of carbonyl (C=O) groups excluding carboxylic acids is 1. The Labute approximate surface area is 207 Å². The summed E-state index contributed by atoms with van der Waals surface area (Å²) in [5.41, 5.74) is 4.87. The molecule has 0 saturated heterocycles. The number of hydrogen-bond donors (Lipinski definition) is 0. The van der Waals surface area contributed by atoms with Gasteiger partial charge in [0, 0.05) is 23.3 Å². The normalized spacial score (nSPS) is 16.1. The van der Waals surface area contributed by atoms with Gasteiger partial charge in [-0.1, -0.05) is 23.5 Å². The summed E-state index contributed by atoms with van der Waals surface area (Å²) >= 11 is 2.99. The van der Waals surface area contributed by atoms with E-state index in [1.807, 2.05) is 78.3 Å². The van der Waals surface area contributed by atoms with Crippen molar-refractivity contribution in [1.82, 2.24) is 9.13 Å². The van der Waals surface area contributed by atoms with Crippen LogP contribution in [0.1, 0.15) is 49.3 Å². The molecule has 0 bridgehead atoms. The molecule has 1 aliphatic heterocycles. The highest BCUT2D eigenvalue weighted by atomic mass is 32.2. The molecule has 0 saturated carbocycles. The molecule has 0 N–H and O–H groups in total. The number of thioether (sulfide) groups is 1. The Bertz CT molecular complexity index is 1470. The van der Waals surface area contributed by atoms with Crippen molar-refractivity contribution in [3.05, 3.63) is 83.8 Å². The number of esters is 1. The predicted octanol–water partition coefficient (Wildman–Crippen LogP) is 3.86. The Morgan fingerprint density at radius 3 is 2.44 bits per heavy atom. The summed E-state index contributed by atoms with van der Waals surface area (Å²) in [6, 6.07) is 9.43. The fourth-order valence-electron chi connectivity index (χ4n) is 4.13. The molecule has 1 unspecified atom stereocenters. The van der Waals surface area contributed by atoms with E-state index in [-0.39, 0.29) is 11.7 Å². The van der Waals surface area contributed by atoms with Gasteiger partial charge in [0.1, 0.15) is 0 Å². The quantitative estimate of drug-likeness (QED) is 0.398. The summed E-state index contributed by atoms with van der Waals surface area (Å²) in [6.45, 7) is 9.52. The van der Waals surface area contributed by atoms with Gasteiger partial charge in [0.25, 0.3) is 5.56 Å². The standard InChI is InChI=1S/C26H29N3O3S2/c1-14(2)32-25(31)22-16(4)27-26-29(23(22)18-8-10-20(33-7)11-9-18)24(30)21(34-26)13-19-12-15(3)28(6)17(19)5/h8-14,23H,1-7H3/b21-13+. The molecule has 0 aliphatic carbocycles. The van der Waals surface area contributed by atoms with Gasteiger partial charge in [-0.3, -0.25) is 9.36 Å². The summed E-state index contributed by atoms with van der Waals surface area (Å²) in [5.74, 6) is -0.445. The van der Waals surface area contributed by atoms with Crippen molar-refractivity contribution in [3.63, 3.8) is 0 Å². The number of aryl methyl sites for hydroxylation is 1. The number of fused-ring (bicyclic) bond motifs is 1. The fourth-order valence-corrected chi connectivity index (χ4v) is 5.58. The first kappa shape index (κ1) is 24.3. The second kappa shape index (κ2) is 9.43. The average molecular weight is 496 g/mol. The van der Waals surface area contributed by atoms with Gasteiger partial charge in [0.2, 0.25) is 0 Å². The third-order valence-corrected chi connectivity index (χ3v) is 7.84. The van der Waals surface area contributed by atoms with Gasteiger partial charge in [-0.2, -0.15) is 0 Å². The van der Waals surface area contributed by atoms with Gasteiger partial charge in [-0.25, -0.2) is 9.79 Å². The molecule has 3 aromatic rings. The Kier molecular flexibility index (Phi) is 6.73. The highest BCUT2D eigenvalue weighted by Gasteiger charge is 2.33. The molecule has 34 heavy (non-hydrogen) atoms. The number of benzene rings is 1. The van der Waals surface area contributed by atoms with E-state index in [0.29, 0.717) is 20.6 Å². The van der Waals surface area contributed by atoms with Crippen molar-refractivity contribution in [3.8, 4) is 0 Å². The van der Waals surface area contributed by atoms with Crippen LogP contribution in [-0.4, -0.2) is 27.5 Å². The first-order valence-electron chi connectivity index (χ1n) is 11.1. The minimum Gasteiger partial charge on any atom is -0.459 e. The summed E-state index contributed by atoms with van der Waals surface area (Å²) in [7, 11) is 2.01. The average Bonchev–Trinajstić information content (AvgIpc) is 3.22. The maximum Gasteiger partial charge on any atom is 0.338 e. The third kappa shape index (κ3) is 4.32. The number of thiazole rings is 1. The molecule has 1 aliphatic rings. The molecule has 8 heteroatoms. The zero-order chi connectivity index (χ0) is 24.7. The Hall–Kier alpha value is -2.84. The van der Waals surface area contributed by atoms with Crippen molar-refractivity contribution in [2.75, 3.05) is 6.26 Å². The second-order valence-corrected chi connectivity index (χ2v) is 10.6. The zero-order valence-electron chi connectivity index (χ0n) is 20.5. The van der Waals surface area contributed by atoms with E-state index in [1.54, 1.807) is 16.3 Å². The van der Waals surface area contributed by atoms with Gasteiger partial charge >= 0.3 is 5.97 Å². The third-order valence-electron chi connectivity index (χ3n) is 6.12. The number of nitrogens with zero attached hydrogens (tertiary/aromatic N) is 3. The van der Waals surface area contributed by atoms with E-state index < -0.39 is 12.0 Å². The van der Waals surface area contributed by atoms with Crippen LogP contribution in [0.25, 0.3) is 6.08 Å². The summed E-state index contributed by atoms with van der Waals surface area (Å²) in [6.07, 6.45) is 3.66. The van der Waals surface area contributed by atoms with Crippen molar-refractivity contribution in [1.29, 1.82) is 0 Å². The molecule has 1 aromatic carbocycles. The largest absolute Gasteiger partial charge is 0.459 e. The van der Waals surface area contributed by atoms with Crippen LogP contribution in [-0.2, 0) is 16.6 Å². The molecule has 0 fully saturated rings. The minimum absolute atomic E-state index is 0.161. The van der Waals surface area contributed by atoms with Crippen LogP contribution in [0.3, 0.4) is 0 Å². The predicted molar refractivity (Wildman–Crippen MR) is 138 cm³/mol. The van der Waals surface area contributed by atoms with Gasteiger partial charge in [-0.05, 0) is 76.3 Å². The monoisotopic (exact) mass is 495 g/mol. The van der Waals surface area contributed by atoms with Crippen molar-refractivity contribution in [2.45, 2.75) is 51.7 Å². The lowest BCUT2D eigenvalue weighted by molar-refractivity contribution is -0.143. The summed E-state index contributed by atoms with van der Waals surface area (Å²) in [4.78, 5) is 33.2. The molecule has 6 nitrogen and oxygen atoms in total. The Balaban J connectivity index is 1.95. The molecule has 0 radical (unpaired) electrons. The lowest BCUT2D eigenvalue weighted by Gasteiger charge is -2.25. The number of aromatic nitrogens is 2. The van der Waals surface area contributed by atoms with Gasteiger partial charge in [-0.15, -0.1) is 11.8 Å². The molecule has 1 atom stereocenters. The first-order valence-corrected chi connectivity index (χ1v) is 13.2. The molecular weight excluding hydrogens is 466 g/mol. The van der Waals surface area contributed by atoms with Crippen LogP contribution in [0.5, 0.6) is 0 Å². The van der Waals surface area contributed by atoms with E-state index in [9.17, 15) is 9.59 Å². The zero-order valence-corrected chi connectivity index (χ0v) is 22.1. The van der Waals surface area contributed by atoms with Crippen LogP contribution in [0.15, 0.2) is 56.3 Å². The first-order chi connectivity index (χ1) is 16.1. The molecule has 0 amide bonds. The molecule has 3 heterocycles. The molecular formula is C26H29N3O3S2. The molecule has 0 spiro atoms. The highest BCUT2D eigenvalue weighted by Crippen LogP contribution is 2.32. The molecule has 178 valence electrons. The van der Waals surface area contributed by atoms with Crippen LogP contribution in [0, 0.1) is 13.8 Å². The van der Waals surface area contributed by atoms with E-state index in [2.05, 4.69) is 15.6 Å². The maximum atomic E-state index is 13.7. The van der Waals surface area contributed by atoms with Crippen molar-refractivity contribution >= 4 is 35.1 Å². The van der Waals surface area contributed by atoms with E-state index in [1.165, 1.54) is 11.3 Å². The van der Waals surface area contributed by atoms with Gasteiger partial charge in [0.15, 0.2) is 4.80 Å². The minimum atomic E-state index is -0.598.